The van der Waals surface area contributed by atoms with Crippen LogP contribution in [0.15, 0.2) is 12.1 Å². The number of aromatic carboxylic acids is 1. The van der Waals surface area contributed by atoms with Gasteiger partial charge >= 0.3 is 5.97 Å². The molecule has 0 radical (unpaired) electrons. The standard InChI is InChI=1S/C16H24N2O2/c1-11-7-5-6-8-18(11)14-10-12(15(19)20)9-13(17-14)16(2,3)4/h9-11H,5-8H2,1-4H3,(H,19,20). The summed E-state index contributed by atoms with van der Waals surface area (Å²) in [4.78, 5) is 18.3. The van der Waals surface area contributed by atoms with Crippen molar-refractivity contribution < 1.29 is 9.90 Å². The van der Waals surface area contributed by atoms with Crippen LogP contribution in [0.25, 0.3) is 0 Å². The van der Waals surface area contributed by atoms with Crippen molar-refractivity contribution >= 4 is 11.8 Å². The van der Waals surface area contributed by atoms with Gasteiger partial charge in [0.2, 0.25) is 0 Å². The van der Waals surface area contributed by atoms with E-state index in [9.17, 15) is 9.90 Å². The van der Waals surface area contributed by atoms with E-state index in [4.69, 9.17) is 4.98 Å². The zero-order valence-corrected chi connectivity index (χ0v) is 12.8. The van der Waals surface area contributed by atoms with Crippen LogP contribution in [0, 0.1) is 0 Å². The van der Waals surface area contributed by atoms with E-state index >= 15 is 0 Å². The Hall–Kier alpha value is -1.58. The molecule has 2 heterocycles. The van der Waals surface area contributed by atoms with Crippen molar-refractivity contribution in [1.29, 1.82) is 0 Å². The van der Waals surface area contributed by atoms with Gasteiger partial charge in [0.05, 0.1) is 5.56 Å². The van der Waals surface area contributed by atoms with E-state index in [0.717, 1.165) is 30.9 Å². The summed E-state index contributed by atoms with van der Waals surface area (Å²) < 4.78 is 0. The SMILES string of the molecule is CC1CCCCN1c1cc(C(=O)O)cc(C(C)(C)C)n1. The maximum Gasteiger partial charge on any atom is 0.335 e. The molecule has 1 aromatic rings. The largest absolute Gasteiger partial charge is 0.478 e. The minimum atomic E-state index is -0.885. The topological polar surface area (TPSA) is 53.4 Å². The number of hydrogen-bond acceptors (Lipinski definition) is 3. The molecule has 0 saturated carbocycles. The van der Waals surface area contributed by atoms with Crippen LogP contribution in [0.3, 0.4) is 0 Å². The minimum Gasteiger partial charge on any atom is -0.478 e. The van der Waals surface area contributed by atoms with E-state index in [0.29, 0.717) is 11.6 Å². The van der Waals surface area contributed by atoms with Crippen LogP contribution < -0.4 is 4.90 Å². The van der Waals surface area contributed by atoms with Crippen LogP contribution in [0.1, 0.15) is 63.0 Å². The van der Waals surface area contributed by atoms with Crippen LogP contribution in [0.5, 0.6) is 0 Å². The summed E-state index contributed by atoms with van der Waals surface area (Å²) in [7, 11) is 0. The van der Waals surface area contributed by atoms with Gasteiger partial charge in [-0.1, -0.05) is 20.8 Å². The Morgan fingerprint density at radius 1 is 1.35 bits per heavy atom. The lowest BCUT2D eigenvalue weighted by atomic mass is 9.90. The third-order valence-electron chi connectivity index (χ3n) is 3.92. The van der Waals surface area contributed by atoms with Crippen molar-refractivity contribution in [3.05, 3.63) is 23.4 Å². The van der Waals surface area contributed by atoms with Crippen LogP contribution in [-0.2, 0) is 5.41 Å². The average molecular weight is 276 g/mol. The summed E-state index contributed by atoms with van der Waals surface area (Å²) in [5.41, 5.74) is 1.02. The Balaban J connectivity index is 2.46. The monoisotopic (exact) mass is 276 g/mol. The number of aromatic nitrogens is 1. The molecule has 2 rings (SSSR count). The average Bonchev–Trinajstić information content (AvgIpc) is 2.37. The molecule has 1 N–H and O–H groups in total. The Morgan fingerprint density at radius 3 is 2.60 bits per heavy atom. The van der Waals surface area contributed by atoms with Gasteiger partial charge in [-0.15, -0.1) is 0 Å². The lowest BCUT2D eigenvalue weighted by molar-refractivity contribution is 0.0696. The van der Waals surface area contributed by atoms with Gasteiger partial charge in [-0.05, 0) is 38.3 Å². The Labute approximate surface area is 120 Å². The molecule has 1 atom stereocenters. The molecule has 110 valence electrons. The van der Waals surface area contributed by atoms with Gasteiger partial charge in [-0.25, -0.2) is 9.78 Å². The highest BCUT2D eigenvalue weighted by Gasteiger charge is 2.24. The molecule has 0 bridgehead atoms. The summed E-state index contributed by atoms with van der Waals surface area (Å²) in [6.07, 6.45) is 3.53. The van der Waals surface area contributed by atoms with Gasteiger partial charge in [-0.2, -0.15) is 0 Å². The fourth-order valence-corrected chi connectivity index (χ4v) is 2.61. The molecule has 4 heteroatoms. The van der Waals surface area contributed by atoms with Crippen LogP contribution in [-0.4, -0.2) is 28.6 Å². The second kappa shape index (κ2) is 5.43. The molecular formula is C16H24N2O2. The quantitative estimate of drug-likeness (QED) is 0.898. The number of piperidine rings is 1. The molecule has 1 fully saturated rings. The zero-order chi connectivity index (χ0) is 14.9. The van der Waals surface area contributed by atoms with Crippen LogP contribution >= 0.6 is 0 Å². The predicted octanol–water partition coefficient (Wildman–Crippen LogP) is 3.46. The van der Waals surface area contributed by atoms with Crippen molar-refractivity contribution in [2.75, 3.05) is 11.4 Å². The number of anilines is 1. The number of carboxylic acid groups (broad SMARTS) is 1. The molecule has 1 aliphatic heterocycles. The summed E-state index contributed by atoms with van der Waals surface area (Å²) in [6, 6.07) is 3.83. The summed E-state index contributed by atoms with van der Waals surface area (Å²) in [5, 5.41) is 9.32. The normalized spacial score (nSPS) is 20.0. The predicted molar refractivity (Wildman–Crippen MR) is 80.6 cm³/mol. The first kappa shape index (κ1) is 14.8. The molecule has 1 unspecified atom stereocenters. The number of nitrogens with zero attached hydrogens (tertiary/aromatic N) is 2. The van der Waals surface area contributed by atoms with E-state index in [1.54, 1.807) is 12.1 Å². The third-order valence-corrected chi connectivity index (χ3v) is 3.92. The van der Waals surface area contributed by atoms with E-state index in [2.05, 4.69) is 32.6 Å². The van der Waals surface area contributed by atoms with E-state index in [1.165, 1.54) is 6.42 Å². The first-order chi connectivity index (χ1) is 9.29. The smallest absolute Gasteiger partial charge is 0.335 e. The lowest BCUT2D eigenvalue weighted by Crippen LogP contribution is -2.38. The van der Waals surface area contributed by atoms with Crippen molar-refractivity contribution in [1.82, 2.24) is 4.98 Å². The second-order valence-electron chi connectivity index (χ2n) is 6.69. The number of rotatable bonds is 2. The van der Waals surface area contributed by atoms with Gasteiger partial charge in [0.25, 0.3) is 0 Å². The molecule has 0 spiro atoms. The zero-order valence-electron chi connectivity index (χ0n) is 12.8. The molecular weight excluding hydrogens is 252 g/mol. The Morgan fingerprint density at radius 2 is 2.05 bits per heavy atom. The van der Waals surface area contributed by atoms with Gasteiger partial charge < -0.3 is 10.0 Å². The van der Waals surface area contributed by atoms with E-state index < -0.39 is 5.97 Å². The van der Waals surface area contributed by atoms with Gasteiger partial charge in [0.1, 0.15) is 5.82 Å². The fourth-order valence-electron chi connectivity index (χ4n) is 2.61. The maximum atomic E-state index is 11.4. The third kappa shape index (κ3) is 3.11. The van der Waals surface area contributed by atoms with Gasteiger partial charge in [-0.3, -0.25) is 0 Å². The van der Waals surface area contributed by atoms with E-state index in [-0.39, 0.29) is 5.41 Å². The van der Waals surface area contributed by atoms with Crippen molar-refractivity contribution in [2.45, 2.75) is 58.4 Å². The highest BCUT2D eigenvalue weighted by atomic mass is 16.4. The molecule has 1 saturated heterocycles. The number of carboxylic acids is 1. The van der Waals surface area contributed by atoms with Crippen molar-refractivity contribution in [3.63, 3.8) is 0 Å². The molecule has 1 aromatic heterocycles. The van der Waals surface area contributed by atoms with E-state index in [1.807, 2.05) is 0 Å². The van der Waals surface area contributed by atoms with Crippen molar-refractivity contribution in [2.24, 2.45) is 0 Å². The number of pyridine rings is 1. The molecule has 0 aliphatic carbocycles. The highest BCUT2D eigenvalue weighted by Crippen LogP contribution is 2.28. The Bertz CT molecular complexity index is 506. The maximum absolute atomic E-state index is 11.4. The number of carbonyl (C=O) groups is 1. The van der Waals surface area contributed by atoms with Crippen LogP contribution in [0.2, 0.25) is 0 Å². The van der Waals surface area contributed by atoms with Crippen LogP contribution in [0.4, 0.5) is 5.82 Å². The van der Waals surface area contributed by atoms with Gasteiger partial charge in [0.15, 0.2) is 0 Å². The summed E-state index contributed by atoms with van der Waals surface area (Å²) in [5.74, 6) is -0.0779. The Kier molecular flexibility index (Phi) is 4.02. The summed E-state index contributed by atoms with van der Waals surface area (Å²) >= 11 is 0. The molecule has 1 aliphatic rings. The van der Waals surface area contributed by atoms with Gasteiger partial charge in [0, 0.05) is 23.7 Å². The minimum absolute atomic E-state index is 0.154. The molecule has 20 heavy (non-hydrogen) atoms. The summed E-state index contributed by atoms with van der Waals surface area (Å²) in [6.45, 7) is 9.32. The fraction of sp³-hybridized carbons (Fsp3) is 0.625. The molecule has 0 amide bonds. The highest BCUT2D eigenvalue weighted by molar-refractivity contribution is 5.88. The number of hydrogen-bond donors (Lipinski definition) is 1. The lowest BCUT2D eigenvalue weighted by Gasteiger charge is -2.35. The van der Waals surface area contributed by atoms with Crippen molar-refractivity contribution in [3.8, 4) is 0 Å². The first-order valence-corrected chi connectivity index (χ1v) is 7.31. The second-order valence-corrected chi connectivity index (χ2v) is 6.69. The molecule has 0 aromatic carbocycles. The first-order valence-electron chi connectivity index (χ1n) is 7.31. The molecule has 4 nitrogen and oxygen atoms in total.